The summed E-state index contributed by atoms with van der Waals surface area (Å²) in [4.78, 5) is 0. The number of rotatable bonds is 7. The molecule has 0 aliphatic heterocycles. The molecule has 1 nitrogen and oxygen atoms in total. The lowest BCUT2D eigenvalue weighted by Crippen LogP contribution is -2.38. The van der Waals surface area contributed by atoms with Crippen molar-refractivity contribution in [3.05, 3.63) is 34.6 Å². The third-order valence-electron chi connectivity index (χ3n) is 3.98. The summed E-state index contributed by atoms with van der Waals surface area (Å²) in [7, 11) is 0. The highest BCUT2D eigenvalue weighted by Crippen LogP contribution is 2.32. The van der Waals surface area contributed by atoms with E-state index in [0.29, 0.717) is 6.04 Å². The van der Waals surface area contributed by atoms with Crippen LogP contribution in [0, 0.1) is 11.2 Å². The molecule has 19 heavy (non-hydrogen) atoms. The first kappa shape index (κ1) is 16.5. The minimum absolute atomic E-state index is 0.0930. The van der Waals surface area contributed by atoms with E-state index in [0.717, 1.165) is 31.4 Å². The first-order valence-corrected chi connectivity index (χ1v) is 7.48. The van der Waals surface area contributed by atoms with E-state index >= 15 is 0 Å². The Kier molecular flexibility index (Phi) is 6.28. The van der Waals surface area contributed by atoms with E-state index in [4.69, 9.17) is 11.6 Å². The molecular weight excluding hydrogens is 261 g/mol. The van der Waals surface area contributed by atoms with Crippen LogP contribution in [0.15, 0.2) is 18.2 Å². The van der Waals surface area contributed by atoms with Crippen molar-refractivity contribution in [2.24, 2.45) is 5.41 Å². The van der Waals surface area contributed by atoms with Gasteiger partial charge in [0, 0.05) is 12.6 Å². The van der Waals surface area contributed by atoms with Crippen molar-refractivity contribution in [1.82, 2.24) is 5.32 Å². The standard InChI is InChI=1S/C16H25ClFN/c1-5-16(6-2,11-19-12(3)4)10-13-8-7-9-14(17)15(13)18/h7-9,12,19H,5-6,10-11H2,1-4H3. The number of halogens is 2. The second-order valence-electron chi connectivity index (χ2n) is 5.63. The number of hydrogen-bond donors (Lipinski definition) is 1. The van der Waals surface area contributed by atoms with Crippen molar-refractivity contribution in [3.8, 4) is 0 Å². The van der Waals surface area contributed by atoms with Crippen LogP contribution in [0.3, 0.4) is 0 Å². The maximum atomic E-state index is 14.1. The van der Waals surface area contributed by atoms with Crippen LogP contribution in [0.25, 0.3) is 0 Å². The van der Waals surface area contributed by atoms with E-state index in [2.05, 4.69) is 33.0 Å². The smallest absolute Gasteiger partial charge is 0.144 e. The SMILES string of the molecule is CCC(CC)(CNC(C)C)Cc1cccc(Cl)c1F. The first-order valence-electron chi connectivity index (χ1n) is 7.10. The lowest BCUT2D eigenvalue weighted by atomic mass is 9.76. The molecule has 1 aromatic carbocycles. The van der Waals surface area contributed by atoms with Crippen molar-refractivity contribution in [2.75, 3.05) is 6.54 Å². The van der Waals surface area contributed by atoms with Crippen molar-refractivity contribution < 1.29 is 4.39 Å². The highest BCUT2D eigenvalue weighted by Gasteiger charge is 2.28. The molecule has 108 valence electrons. The number of hydrogen-bond acceptors (Lipinski definition) is 1. The molecule has 0 radical (unpaired) electrons. The predicted molar refractivity (Wildman–Crippen MR) is 81.3 cm³/mol. The predicted octanol–water partition coefficient (Wildman–Crippen LogP) is 4.83. The van der Waals surface area contributed by atoms with E-state index in [1.165, 1.54) is 0 Å². The van der Waals surface area contributed by atoms with Crippen LogP contribution in [0.2, 0.25) is 5.02 Å². The molecule has 0 atom stereocenters. The van der Waals surface area contributed by atoms with E-state index in [-0.39, 0.29) is 16.3 Å². The Hall–Kier alpha value is -0.600. The molecule has 0 saturated heterocycles. The van der Waals surface area contributed by atoms with E-state index in [1.807, 2.05) is 12.1 Å². The monoisotopic (exact) mass is 285 g/mol. The average molecular weight is 286 g/mol. The molecule has 3 heteroatoms. The Morgan fingerprint density at radius 2 is 1.89 bits per heavy atom. The second-order valence-corrected chi connectivity index (χ2v) is 6.04. The lowest BCUT2D eigenvalue weighted by molar-refractivity contribution is 0.237. The molecule has 0 fully saturated rings. The van der Waals surface area contributed by atoms with Gasteiger partial charge >= 0.3 is 0 Å². The fourth-order valence-corrected chi connectivity index (χ4v) is 2.52. The summed E-state index contributed by atoms with van der Waals surface area (Å²) in [6.07, 6.45) is 2.77. The van der Waals surface area contributed by atoms with Gasteiger partial charge in [-0.2, -0.15) is 0 Å². The topological polar surface area (TPSA) is 12.0 Å². The second kappa shape index (κ2) is 7.25. The molecular formula is C16H25ClFN. The molecule has 0 bridgehead atoms. The van der Waals surface area contributed by atoms with Crippen LogP contribution >= 0.6 is 11.6 Å². The molecule has 1 rings (SSSR count). The molecule has 0 saturated carbocycles. The Morgan fingerprint density at radius 3 is 2.42 bits per heavy atom. The average Bonchev–Trinajstić information content (AvgIpc) is 2.39. The van der Waals surface area contributed by atoms with Gasteiger partial charge in [-0.15, -0.1) is 0 Å². The van der Waals surface area contributed by atoms with E-state index in [9.17, 15) is 4.39 Å². The largest absolute Gasteiger partial charge is 0.314 e. The molecule has 0 aliphatic rings. The fraction of sp³-hybridized carbons (Fsp3) is 0.625. The maximum Gasteiger partial charge on any atom is 0.144 e. The van der Waals surface area contributed by atoms with Gasteiger partial charge in [0.1, 0.15) is 5.82 Å². The Bertz CT molecular complexity index is 400. The highest BCUT2D eigenvalue weighted by molar-refractivity contribution is 6.30. The molecule has 0 unspecified atom stereocenters. The highest BCUT2D eigenvalue weighted by atomic mass is 35.5. The molecule has 0 amide bonds. The molecule has 0 aliphatic carbocycles. The zero-order chi connectivity index (χ0) is 14.5. The Labute approximate surface area is 121 Å². The number of nitrogens with one attached hydrogen (secondary N) is 1. The van der Waals surface area contributed by atoms with Gasteiger partial charge in [0.05, 0.1) is 5.02 Å². The summed E-state index contributed by atoms with van der Waals surface area (Å²) in [5, 5.41) is 3.71. The van der Waals surface area contributed by atoms with Crippen LogP contribution in [0.1, 0.15) is 46.1 Å². The number of benzene rings is 1. The molecule has 1 aromatic rings. The minimum atomic E-state index is -0.264. The van der Waals surface area contributed by atoms with Crippen molar-refractivity contribution >= 4 is 11.6 Å². The molecule has 0 aromatic heterocycles. The quantitative estimate of drug-likeness (QED) is 0.757. The van der Waals surface area contributed by atoms with Crippen LogP contribution in [0.4, 0.5) is 4.39 Å². The van der Waals surface area contributed by atoms with Gasteiger partial charge in [0.15, 0.2) is 0 Å². The minimum Gasteiger partial charge on any atom is -0.314 e. The van der Waals surface area contributed by atoms with Crippen molar-refractivity contribution in [3.63, 3.8) is 0 Å². The summed E-state index contributed by atoms with van der Waals surface area (Å²) >= 11 is 5.87. The normalized spacial score (nSPS) is 12.2. The third-order valence-corrected chi connectivity index (χ3v) is 4.27. The van der Waals surface area contributed by atoms with Crippen LogP contribution in [-0.4, -0.2) is 12.6 Å². The van der Waals surface area contributed by atoms with Gasteiger partial charge in [-0.05, 0) is 36.3 Å². The maximum absolute atomic E-state index is 14.1. The molecule has 0 heterocycles. The van der Waals surface area contributed by atoms with Gasteiger partial charge < -0.3 is 5.32 Å². The van der Waals surface area contributed by atoms with Crippen molar-refractivity contribution in [1.29, 1.82) is 0 Å². The Balaban J connectivity index is 2.91. The lowest BCUT2D eigenvalue weighted by Gasteiger charge is -2.33. The first-order chi connectivity index (χ1) is 8.94. The fourth-order valence-electron chi connectivity index (χ4n) is 2.32. The summed E-state index contributed by atoms with van der Waals surface area (Å²) in [6.45, 7) is 9.53. The van der Waals surface area contributed by atoms with Crippen LogP contribution < -0.4 is 5.32 Å². The van der Waals surface area contributed by atoms with E-state index in [1.54, 1.807) is 6.07 Å². The van der Waals surface area contributed by atoms with Gasteiger partial charge in [-0.1, -0.05) is 51.4 Å². The summed E-state index contributed by atoms with van der Waals surface area (Å²) in [6, 6.07) is 5.72. The van der Waals surface area contributed by atoms with Crippen LogP contribution in [0.5, 0.6) is 0 Å². The van der Waals surface area contributed by atoms with Gasteiger partial charge in [-0.3, -0.25) is 0 Å². The van der Waals surface area contributed by atoms with Crippen molar-refractivity contribution in [2.45, 2.75) is 53.0 Å². The molecule has 0 spiro atoms. The van der Waals surface area contributed by atoms with Gasteiger partial charge in [-0.25, -0.2) is 4.39 Å². The summed E-state index contributed by atoms with van der Waals surface area (Å²) in [5.41, 5.74) is 0.817. The van der Waals surface area contributed by atoms with E-state index < -0.39 is 0 Å². The summed E-state index contributed by atoms with van der Waals surface area (Å²) in [5.74, 6) is -0.264. The van der Waals surface area contributed by atoms with Gasteiger partial charge in [0.25, 0.3) is 0 Å². The zero-order valence-electron chi connectivity index (χ0n) is 12.4. The van der Waals surface area contributed by atoms with Gasteiger partial charge in [0.2, 0.25) is 0 Å². The Morgan fingerprint density at radius 1 is 1.26 bits per heavy atom. The summed E-state index contributed by atoms with van der Waals surface area (Å²) < 4.78 is 14.1. The molecule has 1 N–H and O–H groups in total. The van der Waals surface area contributed by atoms with Crippen LogP contribution in [-0.2, 0) is 6.42 Å². The zero-order valence-corrected chi connectivity index (χ0v) is 13.1. The third kappa shape index (κ3) is 4.47.